The third-order valence-corrected chi connectivity index (χ3v) is 2.74. The molecule has 1 aromatic rings. The van der Waals surface area contributed by atoms with Crippen LogP contribution in [0.15, 0.2) is 30.3 Å². The van der Waals surface area contributed by atoms with Gasteiger partial charge in [0.05, 0.1) is 5.92 Å². The van der Waals surface area contributed by atoms with Crippen LogP contribution in [0.25, 0.3) is 0 Å². The van der Waals surface area contributed by atoms with Crippen LogP contribution in [0.4, 0.5) is 0 Å². The molecular formula is C12H15NO. The van der Waals surface area contributed by atoms with Crippen molar-refractivity contribution >= 4 is 5.91 Å². The average Bonchev–Trinajstić information content (AvgIpc) is 2.44. The predicted molar refractivity (Wildman–Crippen MR) is 56.0 cm³/mol. The van der Waals surface area contributed by atoms with Gasteiger partial charge in [0.15, 0.2) is 0 Å². The summed E-state index contributed by atoms with van der Waals surface area (Å²) in [5, 5.41) is 2.95. The number of nitrogens with one attached hydrogen (secondary N) is 1. The zero-order valence-electron chi connectivity index (χ0n) is 8.20. The molecule has 0 bridgehead atoms. The van der Waals surface area contributed by atoms with Crippen molar-refractivity contribution in [3.05, 3.63) is 35.9 Å². The van der Waals surface area contributed by atoms with Crippen molar-refractivity contribution in [3.63, 3.8) is 0 Å². The van der Waals surface area contributed by atoms with Gasteiger partial charge in [0, 0.05) is 6.54 Å². The summed E-state index contributed by atoms with van der Waals surface area (Å²) >= 11 is 0. The Morgan fingerprint density at radius 2 is 1.93 bits per heavy atom. The first-order chi connectivity index (χ1) is 6.88. The Hall–Kier alpha value is -1.31. The lowest BCUT2D eigenvalue weighted by Gasteiger charge is -2.12. The number of rotatable bonds is 1. The lowest BCUT2D eigenvalue weighted by Crippen LogP contribution is -2.27. The highest BCUT2D eigenvalue weighted by Gasteiger charge is 2.21. The summed E-state index contributed by atoms with van der Waals surface area (Å²) < 4.78 is 0. The van der Waals surface area contributed by atoms with E-state index in [1.54, 1.807) is 0 Å². The van der Waals surface area contributed by atoms with Gasteiger partial charge in [-0.15, -0.1) is 0 Å². The SMILES string of the molecule is O=C1NCCCC[C@@H]1c1ccccc1. The molecule has 2 nitrogen and oxygen atoms in total. The number of carbonyl (C=O) groups excluding carboxylic acids is 1. The quantitative estimate of drug-likeness (QED) is 0.720. The first-order valence-electron chi connectivity index (χ1n) is 5.20. The topological polar surface area (TPSA) is 29.1 Å². The van der Waals surface area contributed by atoms with E-state index in [0.29, 0.717) is 0 Å². The van der Waals surface area contributed by atoms with Crippen LogP contribution >= 0.6 is 0 Å². The van der Waals surface area contributed by atoms with Crippen LogP contribution in [-0.4, -0.2) is 12.5 Å². The number of hydrogen-bond donors (Lipinski definition) is 1. The van der Waals surface area contributed by atoms with Crippen LogP contribution in [0.2, 0.25) is 0 Å². The summed E-state index contributed by atoms with van der Waals surface area (Å²) in [4.78, 5) is 11.7. The molecule has 1 N–H and O–H groups in total. The third-order valence-electron chi connectivity index (χ3n) is 2.74. The highest BCUT2D eigenvalue weighted by atomic mass is 16.1. The van der Waals surface area contributed by atoms with E-state index in [-0.39, 0.29) is 11.8 Å². The van der Waals surface area contributed by atoms with Crippen LogP contribution in [0.3, 0.4) is 0 Å². The van der Waals surface area contributed by atoms with E-state index in [4.69, 9.17) is 0 Å². The van der Waals surface area contributed by atoms with Gasteiger partial charge in [-0.1, -0.05) is 36.8 Å². The van der Waals surface area contributed by atoms with E-state index in [9.17, 15) is 4.79 Å². The zero-order valence-corrected chi connectivity index (χ0v) is 8.20. The molecule has 0 aromatic heterocycles. The molecule has 1 fully saturated rings. The van der Waals surface area contributed by atoms with Crippen molar-refractivity contribution in [1.29, 1.82) is 0 Å². The van der Waals surface area contributed by atoms with E-state index < -0.39 is 0 Å². The first-order valence-corrected chi connectivity index (χ1v) is 5.20. The van der Waals surface area contributed by atoms with Gasteiger partial charge in [0.2, 0.25) is 5.91 Å². The second-order valence-electron chi connectivity index (χ2n) is 3.75. The lowest BCUT2D eigenvalue weighted by molar-refractivity contribution is -0.122. The summed E-state index contributed by atoms with van der Waals surface area (Å²) in [5.74, 6) is 0.257. The minimum atomic E-state index is 0.0682. The van der Waals surface area contributed by atoms with Crippen molar-refractivity contribution < 1.29 is 4.79 Å². The molecule has 2 heteroatoms. The zero-order chi connectivity index (χ0) is 9.80. The Balaban J connectivity index is 2.19. The number of carbonyl (C=O) groups is 1. The molecule has 2 rings (SSSR count). The smallest absolute Gasteiger partial charge is 0.227 e. The third kappa shape index (κ3) is 1.95. The monoisotopic (exact) mass is 189 g/mol. The van der Waals surface area contributed by atoms with Crippen molar-refractivity contribution in [2.24, 2.45) is 0 Å². The average molecular weight is 189 g/mol. The highest BCUT2D eigenvalue weighted by molar-refractivity contribution is 5.83. The van der Waals surface area contributed by atoms with Crippen LogP contribution in [0.1, 0.15) is 30.7 Å². The second-order valence-corrected chi connectivity index (χ2v) is 3.75. The van der Waals surface area contributed by atoms with E-state index in [1.807, 2.05) is 30.3 Å². The molecule has 0 unspecified atom stereocenters. The van der Waals surface area contributed by atoms with Gasteiger partial charge in [-0.2, -0.15) is 0 Å². The summed E-state index contributed by atoms with van der Waals surface area (Å²) in [6.45, 7) is 0.835. The van der Waals surface area contributed by atoms with Gasteiger partial charge >= 0.3 is 0 Å². The summed E-state index contributed by atoms with van der Waals surface area (Å²) in [7, 11) is 0. The van der Waals surface area contributed by atoms with Crippen molar-refractivity contribution in [2.75, 3.05) is 6.54 Å². The molecule has 14 heavy (non-hydrogen) atoms. The summed E-state index contributed by atoms with van der Waals surface area (Å²) in [5.41, 5.74) is 1.15. The van der Waals surface area contributed by atoms with E-state index in [0.717, 1.165) is 31.4 Å². The Morgan fingerprint density at radius 3 is 2.71 bits per heavy atom. The molecule has 1 saturated heterocycles. The highest BCUT2D eigenvalue weighted by Crippen LogP contribution is 2.23. The molecule has 0 radical (unpaired) electrons. The van der Waals surface area contributed by atoms with E-state index >= 15 is 0 Å². The molecule has 1 heterocycles. The number of amides is 1. The molecule has 1 aromatic carbocycles. The van der Waals surface area contributed by atoms with Crippen LogP contribution in [0, 0.1) is 0 Å². The maximum absolute atomic E-state index is 11.7. The molecule has 74 valence electrons. The summed E-state index contributed by atoms with van der Waals surface area (Å²) in [6.07, 6.45) is 3.23. The van der Waals surface area contributed by atoms with Gasteiger partial charge in [-0.25, -0.2) is 0 Å². The standard InChI is InChI=1S/C12H15NO/c14-12-11(8-4-5-9-13-12)10-6-2-1-3-7-10/h1-3,6-7,11H,4-5,8-9H2,(H,13,14)/t11-/m1/s1. The Kier molecular flexibility index (Phi) is 2.82. The molecule has 0 saturated carbocycles. The Morgan fingerprint density at radius 1 is 1.14 bits per heavy atom. The minimum absolute atomic E-state index is 0.0682. The lowest BCUT2D eigenvalue weighted by atomic mass is 9.94. The van der Waals surface area contributed by atoms with Crippen LogP contribution < -0.4 is 5.32 Å². The number of hydrogen-bond acceptors (Lipinski definition) is 1. The second kappa shape index (κ2) is 4.27. The van der Waals surface area contributed by atoms with Gasteiger partial charge in [0.25, 0.3) is 0 Å². The van der Waals surface area contributed by atoms with Gasteiger partial charge in [-0.05, 0) is 18.4 Å². The fourth-order valence-electron chi connectivity index (χ4n) is 1.94. The van der Waals surface area contributed by atoms with Gasteiger partial charge < -0.3 is 5.32 Å². The molecule has 0 aliphatic carbocycles. The van der Waals surface area contributed by atoms with Gasteiger partial charge in [0.1, 0.15) is 0 Å². The molecule has 1 aliphatic rings. The normalized spacial score (nSPS) is 22.6. The van der Waals surface area contributed by atoms with Crippen LogP contribution in [0.5, 0.6) is 0 Å². The Labute approximate surface area is 84.3 Å². The number of benzene rings is 1. The maximum Gasteiger partial charge on any atom is 0.227 e. The summed E-state index contributed by atoms with van der Waals surface area (Å²) in [6, 6.07) is 10.0. The van der Waals surface area contributed by atoms with Crippen molar-refractivity contribution in [3.8, 4) is 0 Å². The fourth-order valence-corrected chi connectivity index (χ4v) is 1.94. The van der Waals surface area contributed by atoms with E-state index in [1.165, 1.54) is 0 Å². The first kappa shape index (κ1) is 9.25. The Bertz CT molecular complexity index is 307. The molecular weight excluding hydrogens is 174 g/mol. The maximum atomic E-state index is 11.7. The van der Waals surface area contributed by atoms with Crippen molar-refractivity contribution in [2.45, 2.75) is 25.2 Å². The molecule has 1 aliphatic heterocycles. The molecule has 0 spiro atoms. The fraction of sp³-hybridized carbons (Fsp3) is 0.417. The largest absolute Gasteiger partial charge is 0.356 e. The van der Waals surface area contributed by atoms with Gasteiger partial charge in [-0.3, -0.25) is 4.79 Å². The molecule has 1 atom stereocenters. The van der Waals surface area contributed by atoms with Crippen LogP contribution in [-0.2, 0) is 4.79 Å². The molecule has 1 amide bonds. The predicted octanol–water partition coefficient (Wildman–Crippen LogP) is 2.07. The van der Waals surface area contributed by atoms with E-state index in [2.05, 4.69) is 5.32 Å². The minimum Gasteiger partial charge on any atom is -0.356 e. The van der Waals surface area contributed by atoms with Crippen molar-refractivity contribution in [1.82, 2.24) is 5.32 Å².